The zero-order chi connectivity index (χ0) is 15.5. The van der Waals surface area contributed by atoms with Gasteiger partial charge in [0.25, 0.3) is 5.91 Å². The van der Waals surface area contributed by atoms with E-state index in [1.807, 2.05) is 18.2 Å². The first kappa shape index (κ1) is 14.2. The second-order valence-electron chi connectivity index (χ2n) is 4.56. The van der Waals surface area contributed by atoms with Gasteiger partial charge in [0, 0.05) is 11.1 Å². The Morgan fingerprint density at radius 3 is 2.55 bits per heavy atom. The number of para-hydroxylation sites is 1. The number of hydrogen-bond acceptors (Lipinski definition) is 3. The molecular weight excluding hydrogens is 303 g/mol. The van der Waals surface area contributed by atoms with E-state index in [-0.39, 0.29) is 16.7 Å². The fraction of sp³-hybridized carbons (Fsp3) is 0. The molecule has 1 aromatic heterocycles. The Balaban J connectivity index is 1.68. The van der Waals surface area contributed by atoms with Gasteiger partial charge in [-0.2, -0.15) is 0 Å². The zero-order valence-corrected chi connectivity index (χ0v) is 12.1. The molecular formula is C16H11FN2O2S. The van der Waals surface area contributed by atoms with E-state index in [1.54, 1.807) is 12.1 Å². The lowest BCUT2D eigenvalue weighted by Crippen LogP contribution is -2.33. The van der Waals surface area contributed by atoms with E-state index in [4.69, 9.17) is 16.6 Å². The normalized spacial score (nSPS) is 10.4. The Kier molecular flexibility index (Phi) is 3.84. The number of benzene rings is 2. The van der Waals surface area contributed by atoms with Crippen molar-refractivity contribution >= 4 is 39.9 Å². The van der Waals surface area contributed by atoms with Crippen molar-refractivity contribution in [1.82, 2.24) is 5.32 Å². The minimum absolute atomic E-state index is 0.108. The number of nitrogens with one attached hydrogen (secondary N) is 2. The Bertz CT molecular complexity index is 810. The number of rotatable bonds is 2. The number of thiocarbonyl (C=S) groups is 1. The summed E-state index contributed by atoms with van der Waals surface area (Å²) < 4.78 is 18.3. The molecule has 3 rings (SSSR count). The highest BCUT2D eigenvalue weighted by atomic mass is 32.1. The van der Waals surface area contributed by atoms with Crippen LogP contribution in [0.25, 0.3) is 11.0 Å². The summed E-state index contributed by atoms with van der Waals surface area (Å²) in [6, 6.07) is 14.6. The molecule has 0 aliphatic heterocycles. The van der Waals surface area contributed by atoms with Crippen LogP contribution >= 0.6 is 12.2 Å². The van der Waals surface area contributed by atoms with E-state index in [0.29, 0.717) is 11.3 Å². The third-order valence-electron chi connectivity index (χ3n) is 2.98. The van der Waals surface area contributed by atoms with E-state index >= 15 is 0 Å². The fourth-order valence-electron chi connectivity index (χ4n) is 1.95. The lowest BCUT2D eigenvalue weighted by molar-refractivity contribution is 0.0953. The van der Waals surface area contributed by atoms with Crippen LogP contribution in [0.5, 0.6) is 0 Å². The number of carbonyl (C=O) groups excluding carboxylic acids is 1. The van der Waals surface area contributed by atoms with Crippen LogP contribution in [0, 0.1) is 5.82 Å². The Morgan fingerprint density at radius 1 is 1.09 bits per heavy atom. The number of hydrogen-bond donors (Lipinski definition) is 2. The van der Waals surface area contributed by atoms with Crippen molar-refractivity contribution in [3.63, 3.8) is 0 Å². The van der Waals surface area contributed by atoms with Crippen LogP contribution < -0.4 is 10.6 Å². The molecule has 1 amide bonds. The van der Waals surface area contributed by atoms with Crippen LogP contribution in [0.1, 0.15) is 10.6 Å². The van der Waals surface area contributed by atoms with Gasteiger partial charge in [-0.25, -0.2) is 4.39 Å². The molecule has 0 radical (unpaired) electrons. The smallest absolute Gasteiger partial charge is 0.293 e. The van der Waals surface area contributed by atoms with Crippen LogP contribution in [-0.2, 0) is 0 Å². The fourth-order valence-corrected chi connectivity index (χ4v) is 2.16. The standard InChI is InChI=1S/C16H11FN2O2S/c17-11-5-7-12(8-6-11)18-16(22)19-15(20)14-9-10-3-1-2-4-13(10)21-14/h1-9H,(H2,18,19,20,22). The molecule has 0 unspecified atom stereocenters. The maximum absolute atomic E-state index is 12.8. The molecule has 0 saturated carbocycles. The predicted molar refractivity (Wildman–Crippen MR) is 86.3 cm³/mol. The second kappa shape index (κ2) is 5.95. The number of anilines is 1. The number of furan rings is 1. The molecule has 0 aliphatic carbocycles. The summed E-state index contributed by atoms with van der Waals surface area (Å²) in [5.41, 5.74) is 1.21. The quantitative estimate of drug-likeness (QED) is 0.708. The second-order valence-corrected chi connectivity index (χ2v) is 4.97. The van der Waals surface area contributed by atoms with Gasteiger partial charge in [-0.3, -0.25) is 10.1 Å². The number of carbonyl (C=O) groups is 1. The maximum atomic E-state index is 12.8. The predicted octanol–water partition coefficient (Wildman–Crippen LogP) is 3.70. The van der Waals surface area contributed by atoms with E-state index < -0.39 is 5.91 Å². The van der Waals surface area contributed by atoms with Gasteiger partial charge in [0.2, 0.25) is 0 Å². The van der Waals surface area contributed by atoms with Crippen molar-refractivity contribution in [3.8, 4) is 0 Å². The highest BCUT2D eigenvalue weighted by Crippen LogP contribution is 2.18. The minimum atomic E-state index is -0.448. The third kappa shape index (κ3) is 3.12. The first-order chi connectivity index (χ1) is 10.6. The van der Waals surface area contributed by atoms with Gasteiger partial charge >= 0.3 is 0 Å². The zero-order valence-electron chi connectivity index (χ0n) is 11.3. The van der Waals surface area contributed by atoms with E-state index in [1.165, 1.54) is 24.3 Å². The van der Waals surface area contributed by atoms with Gasteiger partial charge in [0.05, 0.1) is 0 Å². The van der Waals surface area contributed by atoms with Crippen molar-refractivity contribution in [1.29, 1.82) is 0 Å². The summed E-state index contributed by atoms with van der Waals surface area (Å²) in [5, 5.41) is 6.26. The lowest BCUT2D eigenvalue weighted by atomic mass is 10.2. The van der Waals surface area contributed by atoms with Crippen LogP contribution in [0.4, 0.5) is 10.1 Å². The molecule has 22 heavy (non-hydrogen) atoms. The molecule has 0 atom stereocenters. The number of fused-ring (bicyclic) bond motifs is 1. The van der Waals surface area contributed by atoms with Crippen molar-refractivity contribution in [3.05, 3.63) is 66.2 Å². The summed E-state index contributed by atoms with van der Waals surface area (Å²) in [7, 11) is 0. The van der Waals surface area contributed by atoms with Gasteiger partial charge in [0.1, 0.15) is 11.4 Å². The average molecular weight is 314 g/mol. The number of halogens is 1. The van der Waals surface area contributed by atoms with E-state index in [2.05, 4.69) is 10.6 Å². The first-order valence-corrected chi connectivity index (χ1v) is 6.89. The maximum Gasteiger partial charge on any atom is 0.293 e. The monoisotopic (exact) mass is 314 g/mol. The summed E-state index contributed by atoms with van der Waals surface area (Å²) >= 11 is 5.05. The van der Waals surface area contributed by atoms with Gasteiger partial charge in [-0.15, -0.1) is 0 Å². The molecule has 4 nitrogen and oxygen atoms in total. The van der Waals surface area contributed by atoms with E-state index in [0.717, 1.165) is 5.39 Å². The Labute approximate surface area is 130 Å². The molecule has 2 N–H and O–H groups in total. The van der Waals surface area contributed by atoms with Crippen LogP contribution in [-0.4, -0.2) is 11.0 Å². The van der Waals surface area contributed by atoms with Gasteiger partial charge in [-0.1, -0.05) is 18.2 Å². The Hall–Kier alpha value is -2.73. The van der Waals surface area contributed by atoms with Gasteiger partial charge in [-0.05, 0) is 48.6 Å². The van der Waals surface area contributed by atoms with Crippen LogP contribution in [0.15, 0.2) is 59.0 Å². The molecule has 0 fully saturated rings. The molecule has 0 bridgehead atoms. The summed E-state index contributed by atoms with van der Waals surface area (Å²) in [4.78, 5) is 12.1. The summed E-state index contributed by atoms with van der Waals surface area (Å²) in [5.74, 6) is -0.622. The largest absolute Gasteiger partial charge is 0.451 e. The molecule has 1 heterocycles. The molecule has 0 spiro atoms. The average Bonchev–Trinajstić information content (AvgIpc) is 2.93. The molecule has 0 aliphatic rings. The van der Waals surface area contributed by atoms with Crippen LogP contribution in [0.2, 0.25) is 0 Å². The van der Waals surface area contributed by atoms with Crippen LogP contribution in [0.3, 0.4) is 0 Å². The summed E-state index contributed by atoms with van der Waals surface area (Å²) in [6.45, 7) is 0. The Morgan fingerprint density at radius 2 is 1.82 bits per heavy atom. The molecule has 2 aromatic carbocycles. The topological polar surface area (TPSA) is 54.3 Å². The van der Waals surface area contributed by atoms with Crippen molar-refractivity contribution in [2.75, 3.05) is 5.32 Å². The third-order valence-corrected chi connectivity index (χ3v) is 3.18. The highest BCUT2D eigenvalue weighted by molar-refractivity contribution is 7.80. The molecule has 110 valence electrons. The molecule has 3 aromatic rings. The summed E-state index contributed by atoms with van der Waals surface area (Å²) in [6.07, 6.45) is 0. The van der Waals surface area contributed by atoms with Gasteiger partial charge in [0.15, 0.2) is 10.9 Å². The lowest BCUT2D eigenvalue weighted by Gasteiger charge is -2.08. The molecule has 0 saturated heterocycles. The van der Waals surface area contributed by atoms with Crippen molar-refractivity contribution in [2.45, 2.75) is 0 Å². The van der Waals surface area contributed by atoms with Gasteiger partial charge < -0.3 is 9.73 Å². The molecule has 6 heteroatoms. The highest BCUT2D eigenvalue weighted by Gasteiger charge is 2.13. The minimum Gasteiger partial charge on any atom is -0.451 e. The van der Waals surface area contributed by atoms with Crippen molar-refractivity contribution < 1.29 is 13.6 Å². The van der Waals surface area contributed by atoms with Crippen molar-refractivity contribution in [2.24, 2.45) is 0 Å². The number of amides is 1. The first-order valence-electron chi connectivity index (χ1n) is 6.48. The van der Waals surface area contributed by atoms with E-state index in [9.17, 15) is 9.18 Å². The SMILES string of the molecule is O=C(NC(=S)Nc1ccc(F)cc1)c1cc2ccccc2o1.